The summed E-state index contributed by atoms with van der Waals surface area (Å²) in [6.07, 6.45) is 0.920. The van der Waals surface area contributed by atoms with Crippen LogP contribution < -0.4 is 11.1 Å². The smallest absolute Gasteiger partial charge is 0.408 e. The second-order valence-corrected chi connectivity index (χ2v) is 5.01. The number of aromatic nitrogens is 1. The van der Waals surface area contributed by atoms with E-state index in [1.165, 1.54) is 0 Å². The highest BCUT2D eigenvalue weighted by molar-refractivity contribution is 5.90. The Bertz CT molecular complexity index is 834. The lowest BCUT2D eigenvalue weighted by Crippen LogP contribution is -2.17. The molecule has 1 heterocycles. The molecule has 5 heteroatoms. The Labute approximate surface area is 127 Å². The van der Waals surface area contributed by atoms with Gasteiger partial charge in [0.2, 0.25) is 5.91 Å². The Kier molecular flexibility index (Phi) is 4.05. The summed E-state index contributed by atoms with van der Waals surface area (Å²) in [5, 5.41) is 2.82. The zero-order valence-electron chi connectivity index (χ0n) is 12.0. The molecule has 0 saturated carbocycles. The van der Waals surface area contributed by atoms with Crippen molar-refractivity contribution in [1.29, 1.82) is 0 Å². The van der Waals surface area contributed by atoms with Crippen molar-refractivity contribution < 1.29 is 9.21 Å². The fourth-order valence-electron chi connectivity index (χ4n) is 2.37. The minimum Gasteiger partial charge on any atom is -0.408 e. The van der Waals surface area contributed by atoms with Crippen molar-refractivity contribution in [3.05, 3.63) is 65.1 Å². The van der Waals surface area contributed by atoms with E-state index in [4.69, 9.17) is 4.42 Å². The van der Waals surface area contributed by atoms with Gasteiger partial charge in [-0.2, -0.15) is 0 Å². The average Bonchev–Trinajstić information content (AvgIpc) is 2.84. The van der Waals surface area contributed by atoms with Gasteiger partial charge in [0.15, 0.2) is 5.58 Å². The topological polar surface area (TPSA) is 64.2 Å². The molecule has 0 radical (unpaired) electrons. The third kappa shape index (κ3) is 3.09. The molecule has 0 saturated heterocycles. The molecule has 1 amide bonds. The number of nitrogens with one attached hydrogen (secondary N) is 1. The molecule has 112 valence electrons. The number of hydrogen-bond donors (Lipinski definition) is 1. The minimum absolute atomic E-state index is 0.0629. The number of anilines is 1. The summed E-state index contributed by atoms with van der Waals surface area (Å²) >= 11 is 0. The van der Waals surface area contributed by atoms with E-state index < -0.39 is 0 Å². The Hall–Kier alpha value is -2.82. The number of carbonyl (C=O) groups excluding carboxylic acids is 1. The second-order valence-electron chi connectivity index (χ2n) is 5.01. The normalized spacial score (nSPS) is 10.7. The van der Waals surface area contributed by atoms with E-state index in [2.05, 4.69) is 5.32 Å². The highest BCUT2D eigenvalue weighted by Crippen LogP contribution is 2.12. The summed E-state index contributed by atoms with van der Waals surface area (Å²) in [6, 6.07) is 16.6. The number of hydrogen-bond acceptors (Lipinski definition) is 3. The lowest BCUT2D eigenvalue weighted by atomic mass is 10.2. The average molecular weight is 296 g/mol. The molecule has 0 bridgehead atoms. The predicted molar refractivity (Wildman–Crippen MR) is 84.8 cm³/mol. The number of rotatable bonds is 5. The molecular formula is C17H16N2O3. The third-order valence-corrected chi connectivity index (χ3v) is 3.42. The van der Waals surface area contributed by atoms with Crippen LogP contribution in [0.5, 0.6) is 0 Å². The minimum atomic E-state index is -0.385. The molecule has 0 fully saturated rings. The lowest BCUT2D eigenvalue weighted by molar-refractivity contribution is -0.116. The zero-order valence-corrected chi connectivity index (χ0v) is 12.0. The Morgan fingerprint density at radius 3 is 2.59 bits per heavy atom. The summed E-state index contributed by atoms with van der Waals surface area (Å²) in [5.74, 6) is -0.447. The van der Waals surface area contributed by atoms with Crippen molar-refractivity contribution in [3.63, 3.8) is 0 Å². The van der Waals surface area contributed by atoms with Crippen molar-refractivity contribution in [2.45, 2.75) is 19.4 Å². The molecule has 3 aromatic rings. The summed E-state index contributed by atoms with van der Waals surface area (Å²) in [7, 11) is 0. The van der Waals surface area contributed by atoms with E-state index in [0.717, 1.165) is 11.2 Å². The number of carbonyl (C=O) groups is 1. The van der Waals surface area contributed by atoms with Crippen molar-refractivity contribution >= 4 is 22.7 Å². The zero-order chi connectivity index (χ0) is 15.4. The summed E-state index contributed by atoms with van der Waals surface area (Å²) in [6.45, 7) is 0.456. The SMILES string of the molecule is O=C(CCCn1c(=O)oc2ccccc21)Nc1ccccc1. The fraction of sp³-hybridized carbons (Fsp3) is 0.176. The number of para-hydroxylation sites is 3. The standard InChI is InChI=1S/C17H16N2O3/c20-16(18-13-7-2-1-3-8-13)11-6-12-19-14-9-4-5-10-15(14)22-17(19)21/h1-5,7-10H,6,11-12H2,(H,18,20). The molecule has 22 heavy (non-hydrogen) atoms. The molecule has 0 atom stereocenters. The van der Waals surface area contributed by atoms with E-state index in [0.29, 0.717) is 25.0 Å². The first kappa shape index (κ1) is 14.1. The number of amides is 1. The van der Waals surface area contributed by atoms with Crippen molar-refractivity contribution in [3.8, 4) is 0 Å². The molecule has 1 aromatic heterocycles. The first-order chi connectivity index (χ1) is 10.7. The van der Waals surface area contributed by atoms with Gasteiger partial charge in [-0.3, -0.25) is 9.36 Å². The predicted octanol–water partition coefficient (Wildman–Crippen LogP) is 3.01. The van der Waals surface area contributed by atoms with E-state index in [9.17, 15) is 9.59 Å². The number of benzene rings is 2. The number of fused-ring (bicyclic) bond motifs is 1. The number of nitrogens with zero attached hydrogens (tertiary/aromatic N) is 1. The molecule has 2 aromatic carbocycles. The van der Waals surface area contributed by atoms with E-state index in [1.54, 1.807) is 10.6 Å². The van der Waals surface area contributed by atoms with Crippen LogP contribution in [0.4, 0.5) is 5.69 Å². The van der Waals surface area contributed by atoms with Gasteiger partial charge in [-0.25, -0.2) is 4.79 Å². The van der Waals surface area contributed by atoms with Gasteiger partial charge in [-0.15, -0.1) is 0 Å². The van der Waals surface area contributed by atoms with E-state index in [-0.39, 0.29) is 11.7 Å². The molecule has 0 aliphatic carbocycles. The van der Waals surface area contributed by atoms with Gasteiger partial charge in [0.1, 0.15) is 0 Å². The van der Waals surface area contributed by atoms with E-state index >= 15 is 0 Å². The van der Waals surface area contributed by atoms with Gasteiger partial charge in [0, 0.05) is 18.7 Å². The number of aryl methyl sites for hydroxylation is 1. The van der Waals surface area contributed by atoms with Crippen molar-refractivity contribution in [1.82, 2.24) is 4.57 Å². The van der Waals surface area contributed by atoms with Gasteiger partial charge >= 0.3 is 5.76 Å². The molecule has 0 spiro atoms. The lowest BCUT2D eigenvalue weighted by Gasteiger charge is -2.05. The van der Waals surface area contributed by atoms with Crippen LogP contribution in [-0.4, -0.2) is 10.5 Å². The molecule has 0 unspecified atom stereocenters. The Balaban J connectivity index is 1.59. The van der Waals surface area contributed by atoms with Crippen molar-refractivity contribution in [2.24, 2.45) is 0 Å². The molecule has 0 aliphatic heterocycles. The van der Waals surface area contributed by atoms with Crippen LogP contribution in [-0.2, 0) is 11.3 Å². The van der Waals surface area contributed by atoms with Gasteiger partial charge in [0.05, 0.1) is 5.52 Å². The third-order valence-electron chi connectivity index (χ3n) is 3.42. The molecular weight excluding hydrogens is 280 g/mol. The summed E-state index contributed by atoms with van der Waals surface area (Å²) in [5.41, 5.74) is 2.11. The van der Waals surface area contributed by atoms with Crippen LogP contribution >= 0.6 is 0 Å². The van der Waals surface area contributed by atoms with Crippen molar-refractivity contribution in [2.75, 3.05) is 5.32 Å². The highest BCUT2D eigenvalue weighted by atomic mass is 16.4. The highest BCUT2D eigenvalue weighted by Gasteiger charge is 2.09. The maximum Gasteiger partial charge on any atom is 0.419 e. The summed E-state index contributed by atoms with van der Waals surface area (Å²) in [4.78, 5) is 23.7. The molecule has 0 aliphatic rings. The molecule has 3 rings (SSSR count). The Morgan fingerprint density at radius 1 is 1.05 bits per heavy atom. The van der Waals surface area contributed by atoms with Gasteiger partial charge < -0.3 is 9.73 Å². The van der Waals surface area contributed by atoms with Crippen LogP contribution in [0, 0.1) is 0 Å². The van der Waals surface area contributed by atoms with Crippen LogP contribution in [0.1, 0.15) is 12.8 Å². The Morgan fingerprint density at radius 2 is 1.77 bits per heavy atom. The maximum atomic E-state index is 11.9. The molecule has 5 nitrogen and oxygen atoms in total. The quantitative estimate of drug-likeness (QED) is 0.787. The van der Waals surface area contributed by atoms with Gasteiger partial charge in [-0.1, -0.05) is 30.3 Å². The van der Waals surface area contributed by atoms with Crippen LogP contribution in [0.15, 0.2) is 63.8 Å². The molecule has 1 N–H and O–H groups in total. The maximum absolute atomic E-state index is 11.9. The van der Waals surface area contributed by atoms with E-state index in [1.807, 2.05) is 48.5 Å². The van der Waals surface area contributed by atoms with Crippen LogP contribution in [0.3, 0.4) is 0 Å². The van der Waals surface area contributed by atoms with Gasteiger partial charge in [0.25, 0.3) is 0 Å². The largest absolute Gasteiger partial charge is 0.419 e. The fourth-order valence-corrected chi connectivity index (χ4v) is 2.37. The first-order valence-electron chi connectivity index (χ1n) is 7.17. The second kappa shape index (κ2) is 6.30. The first-order valence-corrected chi connectivity index (χ1v) is 7.17. The number of oxazole rings is 1. The van der Waals surface area contributed by atoms with Gasteiger partial charge in [-0.05, 0) is 30.7 Å². The monoisotopic (exact) mass is 296 g/mol. The summed E-state index contributed by atoms with van der Waals surface area (Å²) < 4.78 is 6.72. The van der Waals surface area contributed by atoms with Crippen LogP contribution in [0.2, 0.25) is 0 Å². The van der Waals surface area contributed by atoms with Crippen LogP contribution in [0.25, 0.3) is 11.1 Å².